The highest BCUT2D eigenvalue weighted by Crippen LogP contribution is 2.29. The van der Waals surface area contributed by atoms with Gasteiger partial charge in [0, 0.05) is 30.4 Å². The number of benzene rings is 2. The SMILES string of the molecule is O=C(CN1CCC(c2nc3ccccc3o2)CC1)Nc1ccc(N2CCOCC2)cc1. The number of nitrogens with one attached hydrogen (secondary N) is 1. The van der Waals surface area contributed by atoms with Crippen molar-refractivity contribution in [2.45, 2.75) is 18.8 Å². The molecule has 0 saturated carbocycles. The molecular weight excluding hydrogens is 392 g/mol. The van der Waals surface area contributed by atoms with Gasteiger partial charge in [0.05, 0.1) is 19.8 Å². The smallest absolute Gasteiger partial charge is 0.238 e. The van der Waals surface area contributed by atoms with E-state index in [1.165, 1.54) is 5.69 Å². The summed E-state index contributed by atoms with van der Waals surface area (Å²) < 4.78 is 11.3. The number of fused-ring (bicyclic) bond motifs is 1. The fraction of sp³-hybridized carbons (Fsp3) is 0.417. The van der Waals surface area contributed by atoms with Gasteiger partial charge in [0.2, 0.25) is 5.91 Å². The number of hydrogen-bond donors (Lipinski definition) is 1. The van der Waals surface area contributed by atoms with Gasteiger partial charge < -0.3 is 19.4 Å². The van der Waals surface area contributed by atoms with Crippen LogP contribution in [0.5, 0.6) is 0 Å². The van der Waals surface area contributed by atoms with Crippen LogP contribution in [0.1, 0.15) is 24.7 Å². The van der Waals surface area contributed by atoms with Crippen molar-refractivity contribution in [2.75, 3.05) is 56.2 Å². The molecule has 3 aromatic rings. The number of amides is 1. The van der Waals surface area contributed by atoms with Gasteiger partial charge in [0.15, 0.2) is 11.5 Å². The van der Waals surface area contributed by atoms with E-state index < -0.39 is 0 Å². The molecule has 2 saturated heterocycles. The molecule has 0 aliphatic carbocycles. The number of para-hydroxylation sites is 2. The predicted octanol–water partition coefficient (Wildman–Crippen LogP) is 3.48. The van der Waals surface area contributed by atoms with Crippen molar-refractivity contribution in [3.05, 3.63) is 54.4 Å². The third-order valence-electron chi connectivity index (χ3n) is 6.14. The molecule has 2 aliphatic heterocycles. The third-order valence-corrected chi connectivity index (χ3v) is 6.14. The summed E-state index contributed by atoms with van der Waals surface area (Å²) in [6, 6.07) is 16.0. The molecule has 2 aromatic carbocycles. The van der Waals surface area contributed by atoms with Gasteiger partial charge in [-0.2, -0.15) is 0 Å². The first-order chi connectivity index (χ1) is 15.2. The molecular formula is C24H28N4O3. The highest BCUT2D eigenvalue weighted by molar-refractivity contribution is 5.92. The summed E-state index contributed by atoms with van der Waals surface area (Å²) in [6.45, 7) is 5.49. The molecule has 1 amide bonds. The van der Waals surface area contributed by atoms with E-state index >= 15 is 0 Å². The number of carbonyl (C=O) groups excluding carboxylic acids is 1. The Labute approximate surface area is 182 Å². The van der Waals surface area contributed by atoms with Crippen LogP contribution < -0.4 is 10.2 Å². The average molecular weight is 421 g/mol. The minimum atomic E-state index is 0.0273. The van der Waals surface area contributed by atoms with Crippen molar-refractivity contribution >= 4 is 28.4 Å². The number of carbonyl (C=O) groups is 1. The van der Waals surface area contributed by atoms with Crippen molar-refractivity contribution in [3.63, 3.8) is 0 Å². The minimum absolute atomic E-state index is 0.0273. The second kappa shape index (κ2) is 9.08. The van der Waals surface area contributed by atoms with E-state index in [1.807, 2.05) is 36.4 Å². The number of morpholine rings is 1. The lowest BCUT2D eigenvalue weighted by atomic mass is 9.97. The van der Waals surface area contributed by atoms with Crippen molar-refractivity contribution < 1.29 is 13.9 Å². The number of hydrogen-bond acceptors (Lipinski definition) is 6. The summed E-state index contributed by atoms with van der Waals surface area (Å²) in [5, 5.41) is 3.03. The van der Waals surface area contributed by atoms with E-state index in [2.05, 4.69) is 32.2 Å². The molecule has 1 N–H and O–H groups in total. The maximum absolute atomic E-state index is 12.5. The van der Waals surface area contributed by atoms with E-state index in [-0.39, 0.29) is 5.91 Å². The fourth-order valence-electron chi connectivity index (χ4n) is 4.38. The Balaban J connectivity index is 1.10. The maximum Gasteiger partial charge on any atom is 0.238 e. The van der Waals surface area contributed by atoms with Gasteiger partial charge in [-0.25, -0.2) is 4.98 Å². The molecule has 0 bridgehead atoms. The zero-order valence-corrected chi connectivity index (χ0v) is 17.6. The van der Waals surface area contributed by atoms with Gasteiger partial charge in [0.1, 0.15) is 5.52 Å². The highest BCUT2D eigenvalue weighted by Gasteiger charge is 2.25. The first-order valence-electron chi connectivity index (χ1n) is 11.0. The summed E-state index contributed by atoms with van der Waals surface area (Å²) in [6.07, 6.45) is 1.91. The fourth-order valence-corrected chi connectivity index (χ4v) is 4.38. The van der Waals surface area contributed by atoms with Crippen molar-refractivity contribution in [3.8, 4) is 0 Å². The lowest BCUT2D eigenvalue weighted by molar-refractivity contribution is -0.117. The summed E-state index contributed by atoms with van der Waals surface area (Å²) >= 11 is 0. The highest BCUT2D eigenvalue weighted by atomic mass is 16.5. The molecule has 3 heterocycles. The molecule has 0 unspecified atom stereocenters. The molecule has 0 atom stereocenters. The summed E-state index contributed by atoms with van der Waals surface area (Å²) in [5.41, 5.74) is 3.77. The van der Waals surface area contributed by atoms with Crippen molar-refractivity contribution in [1.82, 2.24) is 9.88 Å². The van der Waals surface area contributed by atoms with E-state index in [4.69, 9.17) is 9.15 Å². The molecule has 2 aliphatic rings. The Morgan fingerprint density at radius 1 is 1.00 bits per heavy atom. The molecule has 2 fully saturated rings. The zero-order chi connectivity index (χ0) is 21.0. The number of likely N-dealkylation sites (tertiary alicyclic amines) is 1. The van der Waals surface area contributed by atoms with Crippen LogP contribution in [0.15, 0.2) is 52.9 Å². The van der Waals surface area contributed by atoms with Crippen LogP contribution >= 0.6 is 0 Å². The molecule has 7 heteroatoms. The van der Waals surface area contributed by atoms with E-state index in [0.717, 1.165) is 74.9 Å². The molecule has 162 valence electrons. The Morgan fingerprint density at radius 3 is 2.48 bits per heavy atom. The number of oxazole rings is 1. The van der Waals surface area contributed by atoms with Crippen LogP contribution in [0.2, 0.25) is 0 Å². The number of piperidine rings is 1. The van der Waals surface area contributed by atoms with E-state index in [0.29, 0.717) is 12.5 Å². The second-order valence-electron chi connectivity index (χ2n) is 8.26. The quantitative estimate of drug-likeness (QED) is 0.681. The Kier molecular flexibility index (Phi) is 5.86. The largest absolute Gasteiger partial charge is 0.440 e. The first kappa shape index (κ1) is 20.0. The van der Waals surface area contributed by atoms with Crippen LogP contribution in [-0.2, 0) is 9.53 Å². The van der Waals surface area contributed by atoms with E-state index in [9.17, 15) is 4.79 Å². The van der Waals surface area contributed by atoms with Gasteiger partial charge in [-0.05, 0) is 62.3 Å². The topological polar surface area (TPSA) is 70.8 Å². The van der Waals surface area contributed by atoms with Gasteiger partial charge in [0.25, 0.3) is 0 Å². The predicted molar refractivity (Wildman–Crippen MR) is 121 cm³/mol. The maximum atomic E-state index is 12.5. The zero-order valence-electron chi connectivity index (χ0n) is 17.6. The third kappa shape index (κ3) is 4.73. The van der Waals surface area contributed by atoms with Gasteiger partial charge in [-0.15, -0.1) is 0 Å². The van der Waals surface area contributed by atoms with E-state index in [1.54, 1.807) is 0 Å². The van der Waals surface area contributed by atoms with Gasteiger partial charge >= 0.3 is 0 Å². The summed E-state index contributed by atoms with van der Waals surface area (Å²) in [7, 11) is 0. The summed E-state index contributed by atoms with van der Waals surface area (Å²) in [5.74, 6) is 1.17. The molecule has 1 aromatic heterocycles. The van der Waals surface area contributed by atoms with Crippen molar-refractivity contribution in [2.24, 2.45) is 0 Å². The molecule has 7 nitrogen and oxygen atoms in total. The van der Waals surface area contributed by atoms with Crippen LogP contribution in [-0.4, -0.2) is 61.7 Å². The number of rotatable bonds is 5. The average Bonchev–Trinajstić information content (AvgIpc) is 3.25. The minimum Gasteiger partial charge on any atom is -0.440 e. The number of anilines is 2. The monoisotopic (exact) mass is 420 g/mol. The van der Waals surface area contributed by atoms with Gasteiger partial charge in [-0.3, -0.25) is 9.69 Å². The number of nitrogens with zero attached hydrogens (tertiary/aromatic N) is 3. The number of ether oxygens (including phenoxy) is 1. The molecule has 5 rings (SSSR count). The first-order valence-corrected chi connectivity index (χ1v) is 11.0. The lowest BCUT2D eigenvalue weighted by Crippen LogP contribution is -2.38. The lowest BCUT2D eigenvalue weighted by Gasteiger charge is -2.30. The summed E-state index contributed by atoms with van der Waals surface area (Å²) in [4.78, 5) is 21.7. The normalized spacial score (nSPS) is 18.4. The Bertz CT molecular complexity index is 986. The van der Waals surface area contributed by atoms with Crippen LogP contribution in [0, 0.1) is 0 Å². The molecule has 31 heavy (non-hydrogen) atoms. The number of aromatic nitrogens is 1. The van der Waals surface area contributed by atoms with Crippen molar-refractivity contribution in [1.29, 1.82) is 0 Å². The van der Waals surface area contributed by atoms with Gasteiger partial charge in [-0.1, -0.05) is 12.1 Å². The van der Waals surface area contributed by atoms with Crippen LogP contribution in [0.25, 0.3) is 11.1 Å². The Morgan fingerprint density at radius 2 is 1.74 bits per heavy atom. The van der Waals surface area contributed by atoms with Crippen LogP contribution in [0.3, 0.4) is 0 Å². The molecule has 0 radical (unpaired) electrons. The van der Waals surface area contributed by atoms with Crippen LogP contribution in [0.4, 0.5) is 11.4 Å². The standard InChI is InChI=1S/C24H28N4O3/c29-23(25-19-5-7-20(8-6-19)28-13-15-30-16-14-28)17-27-11-9-18(10-12-27)24-26-21-3-1-2-4-22(21)31-24/h1-8,18H,9-17H2,(H,25,29). The second-order valence-corrected chi connectivity index (χ2v) is 8.26. The Hall–Kier alpha value is -2.90. The molecule has 0 spiro atoms.